The number of nitrogens with zero attached hydrogens (tertiary/aromatic N) is 1. The van der Waals surface area contributed by atoms with E-state index < -0.39 is 10.0 Å². The maximum absolute atomic E-state index is 12.3. The van der Waals surface area contributed by atoms with Crippen LogP contribution in [0.3, 0.4) is 0 Å². The van der Waals surface area contributed by atoms with Crippen LogP contribution in [0.1, 0.15) is 53.4 Å². The minimum atomic E-state index is -3.03. The zero-order chi connectivity index (χ0) is 15.2. The Labute approximate surface area is 125 Å². The van der Waals surface area contributed by atoms with Crippen molar-refractivity contribution in [1.29, 1.82) is 0 Å². The van der Waals surface area contributed by atoms with E-state index in [4.69, 9.17) is 0 Å². The molecule has 1 saturated heterocycles. The molecule has 20 heavy (non-hydrogen) atoms. The molecule has 0 aromatic carbocycles. The van der Waals surface area contributed by atoms with E-state index in [1.54, 1.807) is 4.31 Å². The van der Waals surface area contributed by atoms with Crippen LogP contribution in [0.5, 0.6) is 0 Å². The van der Waals surface area contributed by atoms with Gasteiger partial charge in [-0.3, -0.25) is 0 Å². The van der Waals surface area contributed by atoms with E-state index in [2.05, 4.69) is 33.0 Å². The Morgan fingerprint density at radius 3 is 2.20 bits per heavy atom. The van der Waals surface area contributed by atoms with E-state index in [0.717, 1.165) is 45.3 Å². The molecule has 0 amide bonds. The summed E-state index contributed by atoms with van der Waals surface area (Å²) >= 11 is 0. The normalized spacial score (nSPS) is 19.1. The lowest BCUT2D eigenvalue weighted by atomic mass is 9.87. The summed E-state index contributed by atoms with van der Waals surface area (Å²) < 4.78 is 26.2. The number of hydrogen-bond acceptors (Lipinski definition) is 3. The lowest BCUT2D eigenvalue weighted by molar-refractivity contribution is 0.226. The Kier molecular flexibility index (Phi) is 7.48. The average molecular weight is 305 g/mol. The highest BCUT2D eigenvalue weighted by Crippen LogP contribution is 2.26. The molecular formula is C15H32N2O2S. The monoisotopic (exact) mass is 304 g/mol. The van der Waals surface area contributed by atoms with Crippen LogP contribution in [0, 0.1) is 11.8 Å². The van der Waals surface area contributed by atoms with Crippen LogP contribution in [-0.2, 0) is 10.0 Å². The van der Waals surface area contributed by atoms with Crippen LogP contribution in [0.15, 0.2) is 0 Å². The molecule has 120 valence electrons. The van der Waals surface area contributed by atoms with Crippen molar-refractivity contribution in [3.63, 3.8) is 0 Å². The van der Waals surface area contributed by atoms with Crippen molar-refractivity contribution in [2.24, 2.45) is 11.8 Å². The van der Waals surface area contributed by atoms with Crippen molar-refractivity contribution in [1.82, 2.24) is 9.62 Å². The van der Waals surface area contributed by atoms with Gasteiger partial charge in [0.15, 0.2) is 0 Å². The highest BCUT2D eigenvalue weighted by molar-refractivity contribution is 7.89. The Balaban J connectivity index is 2.28. The lowest BCUT2D eigenvalue weighted by Gasteiger charge is -2.33. The van der Waals surface area contributed by atoms with Gasteiger partial charge >= 0.3 is 0 Å². The number of rotatable bonds is 8. The summed E-state index contributed by atoms with van der Waals surface area (Å²) in [6.07, 6.45) is 3.73. The summed E-state index contributed by atoms with van der Waals surface area (Å²) in [5.74, 6) is 1.66. The van der Waals surface area contributed by atoms with Gasteiger partial charge in [0.25, 0.3) is 0 Å². The summed E-state index contributed by atoms with van der Waals surface area (Å²) in [5, 5.41) is 3.32. The molecule has 0 aliphatic carbocycles. The van der Waals surface area contributed by atoms with Crippen molar-refractivity contribution < 1.29 is 8.42 Å². The highest BCUT2D eigenvalue weighted by atomic mass is 32.2. The van der Waals surface area contributed by atoms with Gasteiger partial charge in [-0.1, -0.05) is 27.7 Å². The van der Waals surface area contributed by atoms with Gasteiger partial charge in [0.2, 0.25) is 10.0 Å². The first-order valence-corrected chi connectivity index (χ1v) is 9.65. The Bertz CT molecular complexity index is 358. The Morgan fingerprint density at radius 1 is 1.10 bits per heavy atom. The van der Waals surface area contributed by atoms with Gasteiger partial charge in [-0.15, -0.1) is 0 Å². The van der Waals surface area contributed by atoms with Gasteiger partial charge in [0.1, 0.15) is 0 Å². The van der Waals surface area contributed by atoms with E-state index in [1.165, 1.54) is 0 Å². The van der Waals surface area contributed by atoms with Crippen LogP contribution in [-0.4, -0.2) is 44.2 Å². The van der Waals surface area contributed by atoms with Crippen LogP contribution < -0.4 is 5.32 Å². The van der Waals surface area contributed by atoms with Crippen LogP contribution in [0.25, 0.3) is 0 Å². The van der Waals surface area contributed by atoms with Crippen molar-refractivity contribution >= 4 is 10.0 Å². The fourth-order valence-corrected chi connectivity index (χ4v) is 4.34. The van der Waals surface area contributed by atoms with Gasteiger partial charge in [0, 0.05) is 19.1 Å². The summed E-state index contributed by atoms with van der Waals surface area (Å²) in [5.41, 5.74) is 0. The zero-order valence-corrected chi connectivity index (χ0v) is 14.4. The first-order chi connectivity index (χ1) is 9.33. The van der Waals surface area contributed by atoms with E-state index in [1.807, 2.05) is 0 Å². The maximum Gasteiger partial charge on any atom is 0.214 e. The van der Waals surface area contributed by atoms with Crippen molar-refractivity contribution in [2.45, 2.75) is 59.4 Å². The highest BCUT2D eigenvalue weighted by Gasteiger charge is 2.28. The second kappa shape index (κ2) is 8.35. The minimum absolute atomic E-state index is 0.305. The van der Waals surface area contributed by atoms with E-state index >= 15 is 0 Å². The molecule has 4 nitrogen and oxygen atoms in total. The summed E-state index contributed by atoms with van der Waals surface area (Å²) in [6, 6.07) is 0.474. The van der Waals surface area contributed by atoms with Gasteiger partial charge in [-0.05, 0) is 44.1 Å². The molecule has 0 spiro atoms. The molecule has 1 rings (SSSR count). The van der Waals surface area contributed by atoms with Gasteiger partial charge in [-0.25, -0.2) is 12.7 Å². The molecule has 1 aliphatic heterocycles. The molecule has 1 heterocycles. The van der Waals surface area contributed by atoms with Gasteiger partial charge < -0.3 is 5.32 Å². The van der Waals surface area contributed by atoms with Gasteiger partial charge in [0.05, 0.1) is 5.75 Å². The zero-order valence-electron chi connectivity index (χ0n) is 13.6. The maximum atomic E-state index is 12.3. The van der Waals surface area contributed by atoms with E-state index in [9.17, 15) is 8.42 Å². The molecule has 0 aromatic heterocycles. The Hall–Kier alpha value is -0.130. The van der Waals surface area contributed by atoms with Crippen LogP contribution in [0.4, 0.5) is 0 Å². The van der Waals surface area contributed by atoms with Crippen molar-refractivity contribution in [3.8, 4) is 0 Å². The fraction of sp³-hybridized carbons (Fsp3) is 1.00. The minimum Gasteiger partial charge on any atom is -0.315 e. The third-order valence-electron chi connectivity index (χ3n) is 4.22. The quantitative estimate of drug-likeness (QED) is 0.701. The molecular weight excluding hydrogens is 272 g/mol. The number of piperidine rings is 1. The standard InChI is InChI=1S/C15H32N2O2S/c1-13(2)15-7-10-17(11-8-15)20(18,19)12-6-5-9-16-14(3)4/h13-16H,5-12H2,1-4H3. The first-order valence-electron chi connectivity index (χ1n) is 8.04. The molecule has 0 bridgehead atoms. The SMILES string of the molecule is CC(C)NCCCCS(=O)(=O)N1CCC(C(C)C)CC1. The fourth-order valence-electron chi connectivity index (χ4n) is 2.75. The molecule has 1 fully saturated rings. The largest absolute Gasteiger partial charge is 0.315 e. The average Bonchev–Trinajstić information content (AvgIpc) is 2.38. The molecule has 0 saturated carbocycles. The summed E-state index contributed by atoms with van der Waals surface area (Å²) in [4.78, 5) is 0. The second-order valence-corrected chi connectivity index (χ2v) is 8.70. The first kappa shape index (κ1) is 17.9. The van der Waals surface area contributed by atoms with Crippen LogP contribution in [0.2, 0.25) is 0 Å². The smallest absolute Gasteiger partial charge is 0.214 e. The Morgan fingerprint density at radius 2 is 1.70 bits per heavy atom. The van der Waals surface area contributed by atoms with Crippen molar-refractivity contribution in [2.75, 3.05) is 25.4 Å². The molecule has 1 aliphatic rings. The van der Waals surface area contributed by atoms with Gasteiger partial charge in [-0.2, -0.15) is 0 Å². The molecule has 0 unspecified atom stereocenters. The predicted octanol–water partition coefficient (Wildman–Crippen LogP) is 2.46. The van der Waals surface area contributed by atoms with E-state index in [-0.39, 0.29) is 0 Å². The number of hydrogen-bond donors (Lipinski definition) is 1. The number of unbranched alkanes of at least 4 members (excludes halogenated alkanes) is 1. The van der Waals surface area contributed by atoms with Crippen LogP contribution >= 0.6 is 0 Å². The van der Waals surface area contributed by atoms with Crippen molar-refractivity contribution in [3.05, 3.63) is 0 Å². The topological polar surface area (TPSA) is 49.4 Å². The molecule has 0 radical (unpaired) electrons. The molecule has 5 heteroatoms. The summed E-state index contributed by atoms with van der Waals surface area (Å²) in [6.45, 7) is 11.0. The lowest BCUT2D eigenvalue weighted by Crippen LogP contribution is -2.40. The second-order valence-electron chi connectivity index (χ2n) is 6.61. The third kappa shape index (κ3) is 6.10. The molecule has 0 aromatic rings. The number of nitrogens with one attached hydrogen (secondary N) is 1. The third-order valence-corrected chi connectivity index (χ3v) is 6.17. The summed E-state index contributed by atoms with van der Waals surface area (Å²) in [7, 11) is -3.03. The number of sulfonamides is 1. The molecule has 0 atom stereocenters. The predicted molar refractivity (Wildman–Crippen MR) is 85.3 cm³/mol. The van der Waals surface area contributed by atoms with E-state index in [0.29, 0.717) is 23.6 Å². The molecule has 1 N–H and O–H groups in total.